The first-order chi connectivity index (χ1) is 14.9. The van der Waals surface area contributed by atoms with E-state index in [1.54, 1.807) is 26.0 Å². The van der Waals surface area contributed by atoms with Crippen molar-refractivity contribution in [3.8, 4) is 5.69 Å². The van der Waals surface area contributed by atoms with E-state index >= 15 is 0 Å². The number of thioether (sulfide) groups is 1. The van der Waals surface area contributed by atoms with Gasteiger partial charge in [0.05, 0.1) is 10.6 Å². The second-order valence-electron chi connectivity index (χ2n) is 6.65. The van der Waals surface area contributed by atoms with Crippen molar-refractivity contribution in [2.45, 2.75) is 30.8 Å². The van der Waals surface area contributed by atoms with Gasteiger partial charge in [0.2, 0.25) is 15.9 Å². The molecule has 0 radical (unpaired) electrons. The molecule has 1 amide bonds. The topological polar surface area (TPSA) is 97.2 Å². The highest BCUT2D eigenvalue weighted by atomic mass is 32.2. The summed E-state index contributed by atoms with van der Waals surface area (Å²) < 4.78 is 28.4. The first-order valence-electron chi connectivity index (χ1n) is 9.87. The monoisotopic (exact) mass is 459 g/mol. The molecule has 0 unspecified atom stereocenters. The first kappa shape index (κ1) is 23.0. The van der Waals surface area contributed by atoms with Gasteiger partial charge in [-0.2, -0.15) is 4.31 Å². The summed E-state index contributed by atoms with van der Waals surface area (Å²) in [5, 5.41) is 11.7. The van der Waals surface area contributed by atoms with Crippen LogP contribution >= 0.6 is 11.8 Å². The van der Waals surface area contributed by atoms with E-state index in [9.17, 15) is 13.2 Å². The Kier molecular flexibility index (Phi) is 7.47. The second kappa shape index (κ2) is 10.1. The third-order valence-corrected chi connectivity index (χ3v) is 7.62. The van der Waals surface area contributed by atoms with Gasteiger partial charge in [0.15, 0.2) is 5.16 Å². The minimum absolute atomic E-state index is 0.143. The Bertz CT molecular complexity index is 1130. The summed E-state index contributed by atoms with van der Waals surface area (Å²) in [7, 11) is -3.52. The molecule has 0 spiro atoms. The fourth-order valence-electron chi connectivity index (χ4n) is 3.06. The van der Waals surface area contributed by atoms with Gasteiger partial charge in [-0.1, -0.05) is 43.8 Å². The van der Waals surface area contributed by atoms with Crippen LogP contribution in [0.5, 0.6) is 0 Å². The summed E-state index contributed by atoms with van der Waals surface area (Å²) >= 11 is 1.28. The molecule has 1 heterocycles. The largest absolute Gasteiger partial charge is 0.325 e. The van der Waals surface area contributed by atoms with Crippen molar-refractivity contribution in [1.29, 1.82) is 0 Å². The summed E-state index contributed by atoms with van der Waals surface area (Å²) in [5.74, 6) is 0.661. The average molecular weight is 460 g/mol. The maximum Gasteiger partial charge on any atom is 0.243 e. The molecule has 0 aliphatic rings. The molecule has 10 heteroatoms. The number of rotatable bonds is 9. The Morgan fingerprint density at radius 1 is 1.03 bits per heavy atom. The van der Waals surface area contributed by atoms with Gasteiger partial charge >= 0.3 is 0 Å². The van der Waals surface area contributed by atoms with Crippen LogP contribution in [0.4, 0.5) is 5.69 Å². The third-order valence-electron chi connectivity index (χ3n) is 4.62. The number of nitrogens with one attached hydrogen (secondary N) is 1. The number of benzene rings is 2. The molecule has 1 N–H and O–H groups in total. The molecule has 0 fully saturated rings. The molecule has 0 atom stereocenters. The molecule has 0 saturated carbocycles. The van der Waals surface area contributed by atoms with Crippen molar-refractivity contribution in [3.63, 3.8) is 0 Å². The van der Waals surface area contributed by atoms with Crippen LogP contribution < -0.4 is 5.32 Å². The Morgan fingerprint density at radius 3 is 2.29 bits per heavy atom. The van der Waals surface area contributed by atoms with E-state index in [0.29, 0.717) is 23.9 Å². The average Bonchev–Trinajstić information content (AvgIpc) is 3.14. The zero-order valence-corrected chi connectivity index (χ0v) is 19.3. The van der Waals surface area contributed by atoms with Gasteiger partial charge in [-0.15, -0.1) is 10.2 Å². The lowest BCUT2D eigenvalue weighted by atomic mass is 10.3. The number of aryl methyl sites for hydroxylation is 1. The molecule has 164 valence electrons. The van der Waals surface area contributed by atoms with Crippen molar-refractivity contribution in [1.82, 2.24) is 19.1 Å². The zero-order chi connectivity index (χ0) is 22.4. The molecular formula is C21H25N5O3S2. The number of hydrogen-bond acceptors (Lipinski definition) is 6. The number of para-hydroxylation sites is 1. The summed E-state index contributed by atoms with van der Waals surface area (Å²) in [4.78, 5) is 12.6. The molecule has 8 nitrogen and oxygen atoms in total. The van der Waals surface area contributed by atoms with Gasteiger partial charge in [0, 0.05) is 24.5 Å². The molecule has 0 bridgehead atoms. The summed E-state index contributed by atoms with van der Waals surface area (Å²) in [5.41, 5.74) is 1.46. The van der Waals surface area contributed by atoms with E-state index in [4.69, 9.17) is 0 Å². The quantitative estimate of drug-likeness (QED) is 0.493. The molecule has 3 rings (SSSR count). The lowest BCUT2D eigenvalue weighted by Gasteiger charge is -2.18. The van der Waals surface area contributed by atoms with E-state index in [2.05, 4.69) is 15.5 Å². The number of hydrogen-bond donors (Lipinski definition) is 1. The van der Waals surface area contributed by atoms with Crippen molar-refractivity contribution < 1.29 is 13.2 Å². The highest BCUT2D eigenvalue weighted by molar-refractivity contribution is 7.99. The fourth-order valence-corrected chi connectivity index (χ4v) is 5.32. The number of carbonyl (C=O) groups is 1. The lowest BCUT2D eigenvalue weighted by Crippen LogP contribution is -2.30. The predicted molar refractivity (Wildman–Crippen MR) is 122 cm³/mol. The van der Waals surface area contributed by atoms with Crippen molar-refractivity contribution in [2.24, 2.45) is 0 Å². The SMILES string of the molecule is CCN(CC)S(=O)(=O)c1ccc(NC(=O)CSc2nnc(C)n2-c2ccccc2)cc1. The van der Waals surface area contributed by atoms with E-state index in [1.165, 1.54) is 28.2 Å². The van der Waals surface area contributed by atoms with Crippen molar-refractivity contribution in [3.05, 3.63) is 60.4 Å². The first-order valence-corrected chi connectivity index (χ1v) is 12.3. The lowest BCUT2D eigenvalue weighted by molar-refractivity contribution is -0.113. The summed E-state index contributed by atoms with van der Waals surface area (Å²) in [6, 6.07) is 15.9. The molecule has 31 heavy (non-hydrogen) atoms. The van der Waals surface area contributed by atoms with E-state index in [-0.39, 0.29) is 16.6 Å². The molecule has 0 aliphatic carbocycles. The van der Waals surface area contributed by atoms with Crippen LogP contribution in [0.3, 0.4) is 0 Å². The maximum absolute atomic E-state index is 12.6. The Hall–Kier alpha value is -2.69. The van der Waals surface area contributed by atoms with E-state index in [0.717, 1.165) is 11.5 Å². The Morgan fingerprint density at radius 2 is 1.68 bits per heavy atom. The maximum atomic E-state index is 12.6. The van der Waals surface area contributed by atoms with Crippen LogP contribution in [-0.2, 0) is 14.8 Å². The number of nitrogens with zero attached hydrogens (tertiary/aromatic N) is 4. The van der Waals surface area contributed by atoms with Crippen LogP contribution in [0.15, 0.2) is 64.6 Å². The molecule has 0 saturated heterocycles. The molecule has 3 aromatic rings. The van der Waals surface area contributed by atoms with Crippen LogP contribution in [0, 0.1) is 6.92 Å². The highest BCUT2D eigenvalue weighted by Crippen LogP contribution is 2.22. The standard InChI is InChI=1S/C21H25N5O3S2/c1-4-25(5-2)31(28,29)19-13-11-17(12-14-19)22-20(27)15-30-21-24-23-16(3)26(21)18-9-7-6-8-10-18/h6-14H,4-5,15H2,1-3H3,(H,22,27). The number of sulfonamides is 1. The van der Waals surface area contributed by atoms with Gasteiger partial charge in [0.1, 0.15) is 5.82 Å². The second-order valence-corrected chi connectivity index (χ2v) is 9.53. The number of amides is 1. The van der Waals surface area contributed by atoms with Gasteiger partial charge < -0.3 is 5.32 Å². The van der Waals surface area contributed by atoms with Crippen LogP contribution in [-0.4, -0.2) is 52.2 Å². The Labute approximate surface area is 186 Å². The van der Waals surface area contributed by atoms with Gasteiger partial charge in [-0.3, -0.25) is 9.36 Å². The van der Waals surface area contributed by atoms with Crippen LogP contribution in [0.2, 0.25) is 0 Å². The predicted octanol–water partition coefficient (Wildman–Crippen LogP) is 3.34. The van der Waals surface area contributed by atoms with Crippen LogP contribution in [0.25, 0.3) is 5.69 Å². The van der Waals surface area contributed by atoms with E-state index in [1.807, 2.05) is 41.8 Å². The van der Waals surface area contributed by atoms with Crippen molar-refractivity contribution in [2.75, 3.05) is 24.2 Å². The summed E-state index contributed by atoms with van der Waals surface area (Å²) in [6.45, 7) is 6.27. The number of anilines is 1. The third kappa shape index (κ3) is 5.33. The summed E-state index contributed by atoms with van der Waals surface area (Å²) in [6.07, 6.45) is 0. The minimum Gasteiger partial charge on any atom is -0.325 e. The van der Waals surface area contributed by atoms with Gasteiger partial charge in [-0.05, 0) is 43.3 Å². The highest BCUT2D eigenvalue weighted by Gasteiger charge is 2.21. The van der Waals surface area contributed by atoms with Crippen molar-refractivity contribution >= 4 is 33.4 Å². The van der Waals surface area contributed by atoms with E-state index < -0.39 is 10.0 Å². The number of carbonyl (C=O) groups excluding carboxylic acids is 1. The normalized spacial score (nSPS) is 11.6. The Balaban J connectivity index is 1.64. The smallest absolute Gasteiger partial charge is 0.243 e. The van der Waals surface area contributed by atoms with Gasteiger partial charge in [-0.25, -0.2) is 8.42 Å². The molecule has 0 aliphatic heterocycles. The minimum atomic E-state index is -3.52. The van der Waals surface area contributed by atoms with Crippen LogP contribution in [0.1, 0.15) is 19.7 Å². The molecule has 1 aromatic heterocycles. The van der Waals surface area contributed by atoms with Gasteiger partial charge in [0.25, 0.3) is 0 Å². The molecule has 2 aromatic carbocycles. The zero-order valence-electron chi connectivity index (χ0n) is 17.6. The molecular weight excluding hydrogens is 434 g/mol. The number of aromatic nitrogens is 3. The fraction of sp³-hybridized carbons (Fsp3) is 0.286.